The van der Waals surface area contributed by atoms with Gasteiger partial charge in [0.1, 0.15) is 0 Å². The van der Waals surface area contributed by atoms with Crippen molar-refractivity contribution in [2.75, 3.05) is 0 Å². The van der Waals surface area contributed by atoms with Crippen molar-refractivity contribution >= 4 is 23.2 Å². The van der Waals surface area contributed by atoms with Crippen LogP contribution in [0.4, 0.5) is 0 Å². The van der Waals surface area contributed by atoms with Crippen molar-refractivity contribution in [2.24, 2.45) is 0 Å². The summed E-state index contributed by atoms with van der Waals surface area (Å²) in [4.78, 5) is 12.6. The van der Waals surface area contributed by atoms with Crippen LogP contribution in [0.1, 0.15) is 20.8 Å². The molecule has 16 heavy (non-hydrogen) atoms. The van der Waals surface area contributed by atoms with Gasteiger partial charge in [0.2, 0.25) is 0 Å². The summed E-state index contributed by atoms with van der Waals surface area (Å²) in [6.45, 7) is 1.96. The second-order valence-electron chi connectivity index (χ2n) is 3.54. The molecule has 2 rings (SSSR count). The van der Waals surface area contributed by atoms with Gasteiger partial charge in [-0.05, 0) is 35.6 Å². The Hall–Kier alpha value is -1.67. The third-order valence-electron chi connectivity index (χ3n) is 2.31. The first kappa shape index (κ1) is 10.8. The Morgan fingerprint density at radius 2 is 1.94 bits per heavy atom. The Kier molecular flexibility index (Phi) is 3.32. The van der Waals surface area contributed by atoms with E-state index in [9.17, 15) is 4.79 Å². The van der Waals surface area contributed by atoms with Gasteiger partial charge in [-0.15, -0.1) is 11.3 Å². The molecule has 0 aliphatic heterocycles. The monoisotopic (exact) mass is 228 g/mol. The summed E-state index contributed by atoms with van der Waals surface area (Å²) in [5.74, 6) is 0.0800. The molecule has 0 unspecified atom stereocenters. The van der Waals surface area contributed by atoms with Crippen molar-refractivity contribution in [3.05, 3.63) is 63.9 Å². The number of allylic oxidation sites excluding steroid dienone is 1. The van der Waals surface area contributed by atoms with Gasteiger partial charge in [0.25, 0.3) is 0 Å². The molecule has 0 N–H and O–H groups in total. The zero-order chi connectivity index (χ0) is 11.4. The van der Waals surface area contributed by atoms with E-state index in [2.05, 4.69) is 0 Å². The van der Waals surface area contributed by atoms with Gasteiger partial charge >= 0.3 is 0 Å². The first-order valence-corrected chi connectivity index (χ1v) is 5.97. The van der Waals surface area contributed by atoms with Gasteiger partial charge in [-0.25, -0.2) is 0 Å². The zero-order valence-corrected chi connectivity index (χ0v) is 9.83. The molecular formula is C14H12OS. The summed E-state index contributed by atoms with van der Waals surface area (Å²) in [6.07, 6.45) is 3.48. The van der Waals surface area contributed by atoms with Crippen molar-refractivity contribution < 1.29 is 4.79 Å². The lowest BCUT2D eigenvalue weighted by Gasteiger charge is -1.93. The first-order chi connectivity index (χ1) is 7.77. The van der Waals surface area contributed by atoms with Gasteiger partial charge in [-0.3, -0.25) is 4.79 Å². The number of carbonyl (C=O) groups excluding carboxylic acids is 1. The number of hydrogen-bond donors (Lipinski definition) is 0. The summed E-state index contributed by atoms with van der Waals surface area (Å²) in [5, 5.41) is 1.94. The van der Waals surface area contributed by atoms with Crippen LogP contribution in [0, 0.1) is 6.92 Å². The van der Waals surface area contributed by atoms with Crippen LogP contribution >= 0.6 is 11.3 Å². The SMILES string of the molecule is Cc1ccsc1C(=O)C=Cc1ccccc1. The highest BCUT2D eigenvalue weighted by Gasteiger charge is 2.06. The Morgan fingerprint density at radius 3 is 2.56 bits per heavy atom. The van der Waals surface area contributed by atoms with Crippen LogP contribution < -0.4 is 0 Å². The average Bonchev–Trinajstić information content (AvgIpc) is 2.74. The summed E-state index contributed by atoms with van der Waals surface area (Å²) < 4.78 is 0. The number of ketones is 1. The summed E-state index contributed by atoms with van der Waals surface area (Å²) in [6, 6.07) is 11.8. The molecule has 0 fully saturated rings. The second-order valence-corrected chi connectivity index (χ2v) is 4.46. The molecule has 0 aliphatic rings. The molecule has 0 radical (unpaired) electrons. The fourth-order valence-electron chi connectivity index (χ4n) is 1.44. The summed E-state index contributed by atoms with van der Waals surface area (Å²) in [5.41, 5.74) is 2.10. The zero-order valence-electron chi connectivity index (χ0n) is 9.01. The predicted molar refractivity (Wildman–Crippen MR) is 68.9 cm³/mol. The minimum Gasteiger partial charge on any atom is -0.288 e. The molecule has 0 spiro atoms. The second kappa shape index (κ2) is 4.90. The Balaban J connectivity index is 2.15. The van der Waals surface area contributed by atoms with E-state index in [0.29, 0.717) is 0 Å². The normalized spacial score (nSPS) is 10.8. The molecule has 1 aromatic heterocycles. The van der Waals surface area contributed by atoms with Crippen LogP contribution in [0.25, 0.3) is 6.08 Å². The van der Waals surface area contributed by atoms with Crippen molar-refractivity contribution in [2.45, 2.75) is 6.92 Å². The van der Waals surface area contributed by atoms with E-state index in [1.807, 2.05) is 54.8 Å². The molecule has 0 aliphatic carbocycles. The van der Waals surface area contributed by atoms with Crippen LogP contribution in [0.2, 0.25) is 0 Å². The van der Waals surface area contributed by atoms with Gasteiger partial charge in [0, 0.05) is 0 Å². The molecule has 0 saturated heterocycles. The smallest absolute Gasteiger partial charge is 0.196 e. The van der Waals surface area contributed by atoms with Crippen molar-refractivity contribution in [1.29, 1.82) is 0 Å². The van der Waals surface area contributed by atoms with Gasteiger partial charge in [0.05, 0.1) is 4.88 Å². The van der Waals surface area contributed by atoms with E-state index in [1.54, 1.807) is 6.08 Å². The van der Waals surface area contributed by atoms with E-state index in [-0.39, 0.29) is 5.78 Å². The maximum Gasteiger partial charge on any atom is 0.196 e. The van der Waals surface area contributed by atoms with E-state index >= 15 is 0 Å². The molecule has 1 aromatic carbocycles. The minimum absolute atomic E-state index is 0.0800. The number of hydrogen-bond acceptors (Lipinski definition) is 2. The fraction of sp³-hybridized carbons (Fsp3) is 0.0714. The van der Waals surface area contributed by atoms with E-state index in [0.717, 1.165) is 16.0 Å². The van der Waals surface area contributed by atoms with Crippen molar-refractivity contribution in [3.8, 4) is 0 Å². The number of carbonyl (C=O) groups is 1. The third-order valence-corrected chi connectivity index (χ3v) is 3.34. The Bertz CT molecular complexity index is 509. The number of rotatable bonds is 3. The molecule has 0 amide bonds. The largest absolute Gasteiger partial charge is 0.288 e. The fourth-order valence-corrected chi connectivity index (χ4v) is 2.28. The summed E-state index contributed by atoms with van der Waals surface area (Å²) >= 11 is 1.49. The van der Waals surface area contributed by atoms with Crippen LogP contribution in [0.3, 0.4) is 0 Å². The van der Waals surface area contributed by atoms with E-state index in [1.165, 1.54) is 11.3 Å². The van der Waals surface area contributed by atoms with E-state index < -0.39 is 0 Å². The maximum absolute atomic E-state index is 11.8. The topological polar surface area (TPSA) is 17.1 Å². The molecule has 2 aromatic rings. The molecule has 0 bridgehead atoms. The highest BCUT2D eigenvalue weighted by atomic mass is 32.1. The number of aryl methyl sites for hydroxylation is 1. The minimum atomic E-state index is 0.0800. The van der Waals surface area contributed by atoms with Gasteiger partial charge < -0.3 is 0 Å². The van der Waals surface area contributed by atoms with Crippen molar-refractivity contribution in [3.63, 3.8) is 0 Å². The van der Waals surface area contributed by atoms with Gasteiger partial charge in [-0.1, -0.05) is 36.4 Å². The Labute approximate surface area is 99.1 Å². The predicted octanol–water partition coefficient (Wildman–Crippen LogP) is 3.95. The molecular weight excluding hydrogens is 216 g/mol. The average molecular weight is 228 g/mol. The van der Waals surface area contributed by atoms with Crippen LogP contribution in [0.15, 0.2) is 47.9 Å². The Morgan fingerprint density at radius 1 is 1.19 bits per heavy atom. The van der Waals surface area contributed by atoms with Gasteiger partial charge in [-0.2, -0.15) is 0 Å². The highest BCUT2D eigenvalue weighted by molar-refractivity contribution is 7.12. The third kappa shape index (κ3) is 2.47. The van der Waals surface area contributed by atoms with E-state index in [4.69, 9.17) is 0 Å². The quantitative estimate of drug-likeness (QED) is 0.574. The number of benzene rings is 1. The standard InChI is InChI=1S/C14H12OS/c1-11-9-10-16-14(11)13(15)8-7-12-5-3-2-4-6-12/h2-10H,1H3. The molecule has 2 heteroatoms. The molecule has 1 heterocycles. The lowest BCUT2D eigenvalue weighted by molar-refractivity contribution is 0.105. The maximum atomic E-state index is 11.8. The lowest BCUT2D eigenvalue weighted by atomic mass is 10.1. The number of thiophene rings is 1. The first-order valence-electron chi connectivity index (χ1n) is 5.09. The molecule has 0 atom stereocenters. The summed E-state index contributed by atoms with van der Waals surface area (Å²) in [7, 11) is 0. The lowest BCUT2D eigenvalue weighted by Crippen LogP contribution is -1.91. The van der Waals surface area contributed by atoms with Gasteiger partial charge in [0.15, 0.2) is 5.78 Å². The van der Waals surface area contributed by atoms with Crippen LogP contribution in [0.5, 0.6) is 0 Å². The molecule has 1 nitrogen and oxygen atoms in total. The van der Waals surface area contributed by atoms with Crippen LogP contribution in [-0.4, -0.2) is 5.78 Å². The highest BCUT2D eigenvalue weighted by Crippen LogP contribution is 2.17. The molecule has 0 saturated carbocycles. The van der Waals surface area contributed by atoms with Crippen molar-refractivity contribution in [1.82, 2.24) is 0 Å². The van der Waals surface area contributed by atoms with Crippen LogP contribution in [-0.2, 0) is 0 Å². The molecule has 80 valence electrons.